The fraction of sp³-hybridized carbons (Fsp3) is 0.300. The highest BCUT2D eigenvalue weighted by atomic mass is 79.9. The Labute approximate surface area is 91.1 Å². The number of rotatable bonds is 3. The molecule has 0 N–H and O–H groups in total. The number of esters is 1. The van der Waals surface area contributed by atoms with Gasteiger partial charge in [0, 0.05) is 5.33 Å². The number of halogens is 1. The van der Waals surface area contributed by atoms with Gasteiger partial charge in [-0.15, -0.1) is 0 Å². The normalized spacial score (nSPS) is 9.64. The number of methoxy groups -OCH3 is 2. The molecule has 76 valence electrons. The SMILES string of the molecule is COC(=O)c1cc(OC)ccc1CBr. The molecule has 14 heavy (non-hydrogen) atoms. The molecule has 0 amide bonds. The van der Waals surface area contributed by atoms with Crippen molar-refractivity contribution >= 4 is 21.9 Å². The lowest BCUT2D eigenvalue weighted by Gasteiger charge is -2.07. The smallest absolute Gasteiger partial charge is 0.338 e. The third kappa shape index (κ3) is 2.26. The summed E-state index contributed by atoms with van der Waals surface area (Å²) in [6.07, 6.45) is 0. The van der Waals surface area contributed by atoms with Gasteiger partial charge in [-0.05, 0) is 17.7 Å². The van der Waals surface area contributed by atoms with E-state index in [2.05, 4.69) is 20.7 Å². The van der Waals surface area contributed by atoms with E-state index in [0.29, 0.717) is 16.6 Å². The van der Waals surface area contributed by atoms with E-state index >= 15 is 0 Å². The zero-order valence-corrected chi connectivity index (χ0v) is 9.63. The molecule has 0 heterocycles. The molecule has 3 nitrogen and oxygen atoms in total. The highest BCUT2D eigenvalue weighted by molar-refractivity contribution is 9.08. The van der Waals surface area contributed by atoms with E-state index in [1.807, 2.05) is 12.1 Å². The average Bonchev–Trinajstić information content (AvgIpc) is 2.27. The monoisotopic (exact) mass is 258 g/mol. The van der Waals surface area contributed by atoms with Gasteiger partial charge in [-0.25, -0.2) is 4.79 Å². The predicted octanol–water partition coefficient (Wildman–Crippen LogP) is 2.38. The fourth-order valence-electron chi connectivity index (χ4n) is 1.10. The van der Waals surface area contributed by atoms with E-state index in [4.69, 9.17) is 4.74 Å². The van der Waals surface area contributed by atoms with Crippen LogP contribution in [0.2, 0.25) is 0 Å². The molecule has 0 aromatic heterocycles. The van der Waals surface area contributed by atoms with E-state index in [-0.39, 0.29) is 5.97 Å². The quantitative estimate of drug-likeness (QED) is 0.617. The molecule has 0 bridgehead atoms. The third-order valence-electron chi connectivity index (χ3n) is 1.87. The van der Waals surface area contributed by atoms with Gasteiger partial charge in [0.2, 0.25) is 0 Å². The summed E-state index contributed by atoms with van der Waals surface area (Å²) in [5, 5.41) is 0.613. The molecule has 0 saturated heterocycles. The van der Waals surface area contributed by atoms with Crippen LogP contribution in [0.4, 0.5) is 0 Å². The van der Waals surface area contributed by atoms with Gasteiger partial charge in [-0.1, -0.05) is 22.0 Å². The van der Waals surface area contributed by atoms with E-state index in [1.54, 1.807) is 13.2 Å². The van der Waals surface area contributed by atoms with Crippen molar-refractivity contribution in [3.8, 4) is 5.75 Å². The predicted molar refractivity (Wildman–Crippen MR) is 57.0 cm³/mol. The maximum Gasteiger partial charge on any atom is 0.338 e. The van der Waals surface area contributed by atoms with Gasteiger partial charge < -0.3 is 9.47 Å². The Morgan fingerprint density at radius 2 is 2.14 bits per heavy atom. The first-order valence-electron chi connectivity index (χ1n) is 4.04. The van der Waals surface area contributed by atoms with Crippen molar-refractivity contribution in [3.05, 3.63) is 29.3 Å². The number of alkyl halides is 1. The number of carbonyl (C=O) groups is 1. The number of hydrogen-bond donors (Lipinski definition) is 0. The summed E-state index contributed by atoms with van der Waals surface area (Å²) in [7, 11) is 2.92. The Balaban J connectivity index is 3.14. The van der Waals surface area contributed by atoms with Gasteiger partial charge in [0.25, 0.3) is 0 Å². The molecule has 0 saturated carbocycles. The van der Waals surface area contributed by atoms with Crippen LogP contribution in [0.1, 0.15) is 15.9 Å². The van der Waals surface area contributed by atoms with Gasteiger partial charge in [0.15, 0.2) is 0 Å². The average molecular weight is 259 g/mol. The first-order valence-corrected chi connectivity index (χ1v) is 5.16. The molecule has 0 radical (unpaired) electrons. The highest BCUT2D eigenvalue weighted by Gasteiger charge is 2.11. The Morgan fingerprint density at radius 3 is 2.64 bits per heavy atom. The number of benzene rings is 1. The van der Waals surface area contributed by atoms with Crippen molar-refractivity contribution in [1.82, 2.24) is 0 Å². The second-order valence-corrected chi connectivity index (χ2v) is 3.21. The molecule has 4 heteroatoms. The number of carbonyl (C=O) groups excluding carboxylic acids is 1. The van der Waals surface area contributed by atoms with Gasteiger partial charge in [-0.2, -0.15) is 0 Å². The highest BCUT2D eigenvalue weighted by Crippen LogP contribution is 2.20. The standard InChI is InChI=1S/C10H11BrO3/c1-13-8-4-3-7(6-11)9(5-8)10(12)14-2/h3-5H,6H2,1-2H3. The van der Waals surface area contributed by atoms with Crippen LogP contribution in [0.15, 0.2) is 18.2 Å². The summed E-state index contributed by atoms with van der Waals surface area (Å²) in [5.41, 5.74) is 1.42. The molecule has 0 atom stereocenters. The number of hydrogen-bond acceptors (Lipinski definition) is 3. The molecule has 1 rings (SSSR count). The van der Waals surface area contributed by atoms with Gasteiger partial charge in [-0.3, -0.25) is 0 Å². The second kappa shape index (κ2) is 5.00. The number of ether oxygens (including phenoxy) is 2. The molecule has 1 aromatic rings. The molecule has 0 unspecified atom stereocenters. The van der Waals surface area contributed by atoms with Crippen LogP contribution in [0.25, 0.3) is 0 Å². The summed E-state index contributed by atoms with van der Waals surface area (Å²) in [6.45, 7) is 0. The maximum atomic E-state index is 11.4. The summed E-state index contributed by atoms with van der Waals surface area (Å²) in [6, 6.07) is 5.31. The molecule has 0 aliphatic carbocycles. The van der Waals surface area contributed by atoms with Crippen molar-refractivity contribution in [3.63, 3.8) is 0 Å². The maximum absolute atomic E-state index is 11.4. The molecular weight excluding hydrogens is 248 g/mol. The first kappa shape index (κ1) is 11.0. The van der Waals surface area contributed by atoms with Crippen LogP contribution >= 0.6 is 15.9 Å². The van der Waals surface area contributed by atoms with Crippen LogP contribution in [-0.2, 0) is 10.1 Å². The minimum absolute atomic E-state index is 0.349. The van der Waals surface area contributed by atoms with E-state index < -0.39 is 0 Å². The summed E-state index contributed by atoms with van der Waals surface area (Å²) in [5.74, 6) is 0.299. The van der Waals surface area contributed by atoms with Crippen molar-refractivity contribution < 1.29 is 14.3 Å². The Kier molecular flexibility index (Phi) is 3.95. The van der Waals surface area contributed by atoms with Crippen LogP contribution in [0.3, 0.4) is 0 Å². The van der Waals surface area contributed by atoms with E-state index in [0.717, 1.165) is 5.56 Å². The summed E-state index contributed by atoms with van der Waals surface area (Å²) < 4.78 is 9.69. The fourth-order valence-corrected chi connectivity index (χ4v) is 1.59. The zero-order valence-electron chi connectivity index (χ0n) is 8.04. The first-order chi connectivity index (χ1) is 6.72. The van der Waals surface area contributed by atoms with Crippen molar-refractivity contribution in [1.29, 1.82) is 0 Å². The molecule has 1 aromatic carbocycles. The lowest BCUT2D eigenvalue weighted by Crippen LogP contribution is -2.05. The molecule has 0 fully saturated rings. The van der Waals surface area contributed by atoms with E-state index in [9.17, 15) is 4.79 Å². The van der Waals surface area contributed by atoms with Gasteiger partial charge in [0.05, 0.1) is 19.8 Å². The second-order valence-electron chi connectivity index (χ2n) is 2.65. The topological polar surface area (TPSA) is 35.5 Å². The Hall–Kier alpha value is -1.03. The molecule has 0 aliphatic heterocycles. The van der Waals surface area contributed by atoms with Gasteiger partial charge >= 0.3 is 5.97 Å². The zero-order chi connectivity index (χ0) is 10.6. The van der Waals surface area contributed by atoms with Crippen molar-refractivity contribution in [2.45, 2.75) is 5.33 Å². The Bertz CT molecular complexity index is 336. The van der Waals surface area contributed by atoms with Gasteiger partial charge in [0.1, 0.15) is 5.75 Å². The summed E-state index contributed by atoms with van der Waals surface area (Å²) in [4.78, 5) is 11.4. The Morgan fingerprint density at radius 1 is 1.43 bits per heavy atom. The van der Waals surface area contributed by atoms with E-state index in [1.165, 1.54) is 7.11 Å². The lowest BCUT2D eigenvalue weighted by molar-refractivity contribution is 0.0599. The minimum atomic E-state index is -0.349. The third-order valence-corrected chi connectivity index (χ3v) is 2.47. The molecule has 0 aliphatic rings. The van der Waals surface area contributed by atoms with Crippen molar-refractivity contribution in [2.75, 3.05) is 14.2 Å². The molecule has 0 spiro atoms. The molecular formula is C10H11BrO3. The van der Waals surface area contributed by atoms with Crippen LogP contribution in [-0.4, -0.2) is 20.2 Å². The largest absolute Gasteiger partial charge is 0.497 e. The van der Waals surface area contributed by atoms with Crippen LogP contribution in [0.5, 0.6) is 5.75 Å². The summed E-state index contributed by atoms with van der Waals surface area (Å²) >= 11 is 3.30. The van der Waals surface area contributed by atoms with Crippen LogP contribution in [0, 0.1) is 0 Å². The lowest BCUT2D eigenvalue weighted by atomic mass is 10.1. The minimum Gasteiger partial charge on any atom is -0.497 e. The van der Waals surface area contributed by atoms with Crippen LogP contribution < -0.4 is 4.74 Å². The van der Waals surface area contributed by atoms with Crippen molar-refractivity contribution in [2.24, 2.45) is 0 Å².